The van der Waals surface area contributed by atoms with Gasteiger partial charge in [0.15, 0.2) is 0 Å². The summed E-state index contributed by atoms with van der Waals surface area (Å²) in [4.78, 5) is 2.76. The number of rotatable bonds is 3. The molecule has 0 aromatic rings. The zero-order valence-electron chi connectivity index (χ0n) is 12.1. The minimum Gasteiger partial charge on any atom is -0.310 e. The van der Waals surface area contributed by atoms with Crippen LogP contribution in [0.2, 0.25) is 0 Å². The van der Waals surface area contributed by atoms with Crippen LogP contribution in [0.25, 0.3) is 0 Å². The fourth-order valence-electron chi connectivity index (χ4n) is 3.93. The summed E-state index contributed by atoms with van der Waals surface area (Å²) in [5.41, 5.74) is 0. The van der Waals surface area contributed by atoms with Crippen molar-refractivity contribution in [3.8, 4) is 0 Å². The largest absolute Gasteiger partial charge is 0.310 e. The van der Waals surface area contributed by atoms with Crippen molar-refractivity contribution in [2.45, 2.75) is 71.5 Å². The summed E-state index contributed by atoms with van der Waals surface area (Å²) in [5.74, 6) is 1.86. The van der Waals surface area contributed by atoms with Crippen LogP contribution in [0.3, 0.4) is 0 Å². The van der Waals surface area contributed by atoms with Crippen molar-refractivity contribution in [2.75, 3.05) is 13.1 Å². The lowest BCUT2D eigenvalue weighted by atomic mass is 9.80. The number of nitrogens with one attached hydrogen (secondary N) is 1. The molecule has 2 nitrogen and oxygen atoms in total. The molecule has 1 heterocycles. The SMILES string of the molecule is CC1CC(C)CC(N2CCC(NC(C)C)C2)C1. The second-order valence-electron chi connectivity index (χ2n) is 6.87. The van der Waals surface area contributed by atoms with Crippen LogP contribution < -0.4 is 5.32 Å². The molecule has 1 aliphatic carbocycles. The number of hydrogen-bond donors (Lipinski definition) is 1. The van der Waals surface area contributed by atoms with Gasteiger partial charge in [-0.25, -0.2) is 0 Å². The van der Waals surface area contributed by atoms with Crippen molar-refractivity contribution >= 4 is 0 Å². The predicted octanol–water partition coefficient (Wildman–Crippen LogP) is 2.88. The standard InChI is InChI=1S/C15H30N2/c1-11(2)16-14-5-6-17(10-14)15-8-12(3)7-13(4)9-15/h11-16H,5-10H2,1-4H3. The van der Waals surface area contributed by atoms with Crippen molar-refractivity contribution in [3.63, 3.8) is 0 Å². The summed E-state index contributed by atoms with van der Waals surface area (Å²) in [5, 5.41) is 3.69. The Kier molecular flexibility index (Phi) is 4.48. The molecule has 0 radical (unpaired) electrons. The normalized spacial score (nSPS) is 40.1. The molecule has 0 bridgehead atoms. The highest BCUT2D eigenvalue weighted by Gasteiger charge is 2.32. The Bertz CT molecular complexity index is 229. The summed E-state index contributed by atoms with van der Waals surface area (Å²) in [7, 11) is 0. The smallest absolute Gasteiger partial charge is 0.0209 e. The van der Waals surface area contributed by atoms with Crippen molar-refractivity contribution in [1.82, 2.24) is 10.2 Å². The van der Waals surface area contributed by atoms with Crippen LogP contribution in [0.4, 0.5) is 0 Å². The van der Waals surface area contributed by atoms with Crippen LogP contribution in [0.15, 0.2) is 0 Å². The molecular weight excluding hydrogens is 208 g/mol. The summed E-state index contributed by atoms with van der Waals surface area (Å²) in [6, 6.07) is 2.24. The molecule has 2 fully saturated rings. The van der Waals surface area contributed by atoms with Crippen molar-refractivity contribution < 1.29 is 0 Å². The predicted molar refractivity (Wildman–Crippen MR) is 74.2 cm³/mol. The molecular formula is C15H30N2. The van der Waals surface area contributed by atoms with Gasteiger partial charge in [-0.1, -0.05) is 27.7 Å². The van der Waals surface area contributed by atoms with Gasteiger partial charge in [0.05, 0.1) is 0 Å². The first kappa shape index (κ1) is 13.4. The lowest BCUT2D eigenvalue weighted by molar-refractivity contribution is 0.130. The molecule has 1 saturated carbocycles. The zero-order chi connectivity index (χ0) is 12.4. The van der Waals surface area contributed by atoms with Gasteiger partial charge in [0.2, 0.25) is 0 Å². The average molecular weight is 238 g/mol. The maximum Gasteiger partial charge on any atom is 0.0209 e. The quantitative estimate of drug-likeness (QED) is 0.813. The van der Waals surface area contributed by atoms with Crippen molar-refractivity contribution in [2.24, 2.45) is 11.8 Å². The minimum atomic E-state index is 0.629. The molecule has 1 saturated heterocycles. The third kappa shape index (κ3) is 3.69. The Balaban J connectivity index is 1.83. The second-order valence-corrected chi connectivity index (χ2v) is 6.87. The third-order valence-electron chi connectivity index (χ3n) is 4.46. The van der Waals surface area contributed by atoms with Crippen molar-refractivity contribution in [3.05, 3.63) is 0 Å². The van der Waals surface area contributed by atoms with E-state index in [1.165, 1.54) is 38.8 Å². The molecule has 100 valence electrons. The highest BCUT2D eigenvalue weighted by atomic mass is 15.2. The topological polar surface area (TPSA) is 15.3 Å². The van der Waals surface area contributed by atoms with Crippen molar-refractivity contribution in [1.29, 1.82) is 0 Å². The van der Waals surface area contributed by atoms with Gasteiger partial charge in [0.25, 0.3) is 0 Å². The van der Waals surface area contributed by atoms with Gasteiger partial charge in [0.1, 0.15) is 0 Å². The molecule has 3 unspecified atom stereocenters. The summed E-state index contributed by atoms with van der Waals surface area (Å²) < 4.78 is 0. The Hall–Kier alpha value is -0.0800. The molecule has 3 atom stereocenters. The first-order chi connectivity index (χ1) is 8.04. The van der Waals surface area contributed by atoms with E-state index in [4.69, 9.17) is 0 Å². The Labute approximate surface area is 107 Å². The number of nitrogens with zero attached hydrogens (tertiary/aromatic N) is 1. The maximum atomic E-state index is 3.69. The minimum absolute atomic E-state index is 0.629. The molecule has 1 N–H and O–H groups in total. The van der Waals surface area contributed by atoms with Crippen LogP contribution in [0, 0.1) is 11.8 Å². The van der Waals surface area contributed by atoms with E-state index >= 15 is 0 Å². The Morgan fingerprint density at radius 3 is 2.29 bits per heavy atom. The van der Waals surface area contributed by atoms with E-state index in [2.05, 4.69) is 37.9 Å². The first-order valence-corrected chi connectivity index (χ1v) is 7.54. The summed E-state index contributed by atoms with van der Waals surface area (Å²) in [6.45, 7) is 12.0. The molecule has 0 aromatic heterocycles. The highest BCUT2D eigenvalue weighted by Crippen LogP contribution is 2.33. The van der Waals surface area contributed by atoms with Crippen LogP contribution >= 0.6 is 0 Å². The lowest BCUT2D eigenvalue weighted by Crippen LogP contribution is -2.42. The van der Waals surface area contributed by atoms with E-state index < -0.39 is 0 Å². The molecule has 1 aliphatic heterocycles. The van der Waals surface area contributed by atoms with E-state index in [1.807, 2.05) is 0 Å². The van der Waals surface area contributed by atoms with Gasteiger partial charge in [-0.15, -0.1) is 0 Å². The fourth-order valence-corrected chi connectivity index (χ4v) is 3.93. The molecule has 0 spiro atoms. The lowest BCUT2D eigenvalue weighted by Gasteiger charge is -2.37. The average Bonchev–Trinajstić information content (AvgIpc) is 2.63. The first-order valence-electron chi connectivity index (χ1n) is 7.54. The van der Waals surface area contributed by atoms with Crippen LogP contribution in [-0.2, 0) is 0 Å². The molecule has 2 heteroatoms. The molecule has 2 rings (SSSR count). The van der Waals surface area contributed by atoms with E-state index in [9.17, 15) is 0 Å². The summed E-state index contributed by atoms with van der Waals surface area (Å²) in [6.07, 6.45) is 5.65. The number of likely N-dealkylation sites (tertiary alicyclic amines) is 1. The van der Waals surface area contributed by atoms with Gasteiger partial charge in [0, 0.05) is 31.2 Å². The Morgan fingerprint density at radius 1 is 1.06 bits per heavy atom. The second kappa shape index (κ2) is 5.71. The molecule has 0 aromatic carbocycles. The highest BCUT2D eigenvalue weighted by molar-refractivity contribution is 4.89. The van der Waals surface area contributed by atoms with Crippen LogP contribution in [0.1, 0.15) is 53.4 Å². The maximum absolute atomic E-state index is 3.69. The summed E-state index contributed by atoms with van der Waals surface area (Å²) >= 11 is 0. The Morgan fingerprint density at radius 2 is 1.71 bits per heavy atom. The third-order valence-corrected chi connectivity index (χ3v) is 4.46. The molecule has 2 aliphatic rings. The van der Waals surface area contributed by atoms with E-state index in [1.54, 1.807) is 0 Å². The molecule has 0 amide bonds. The van der Waals surface area contributed by atoms with E-state index in [0.29, 0.717) is 6.04 Å². The van der Waals surface area contributed by atoms with Gasteiger partial charge in [-0.05, 0) is 37.5 Å². The van der Waals surface area contributed by atoms with Crippen LogP contribution in [0.5, 0.6) is 0 Å². The van der Waals surface area contributed by atoms with E-state index in [0.717, 1.165) is 23.9 Å². The number of hydrogen-bond acceptors (Lipinski definition) is 2. The fraction of sp³-hybridized carbons (Fsp3) is 1.00. The van der Waals surface area contributed by atoms with Crippen LogP contribution in [-0.4, -0.2) is 36.1 Å². The van der Waals surface area contributed by atoms with Gasteiger partial charge < -0.3 is 5.32 Å². The molecule has 17 heavy (non-hydrogen) atoms. The van der Waals surface area contributed by atoms with Gasteiger partial charge >= 0.3 is 0 Å². The monoisotopic (exact) mass is 238 g/mol. The zero-order valence-corrected chi connectivity index (χ0v) is 12.1. The van der Waals surface area contributed by atoms with E-state index in [-0.39, 0.29) is 0 Å². The van der Waals surface area contributed by atoms with Gasteiger partial charge in [-0.3, -0.25) is 4.90 Å². The van der Waals surface area contributed by atoms with Gasteiger partial charge in [-0.2, -0.15) is 0 Å².